The highest BCUT2D eigenvalue weighted by Gasteiger charge is 2.22. The van der Waals surface area contributed by atoms with Crippen LogP contribution in [0.4, 0.5) is 5.69 Å². The highest BCUT2D eigenvalue weighted by molar-refractivity contribution is 5.38. The molecule has 0 amide bonds. The fraction of sp³-hybridized carbons (Fsp3) is 0.176. The van der Waals surface area contributed by atoms with Gasteiger partial charge in [0.05, 0.1) is 17.8 Å². The predicted octanol–water partition coefficient (Wildman–Crippen LogP) is 4.48. The highest BCUT2D eigenvalue weighted by Crippen LogP contribution is 2.27. The van der Waals surface area contributed by atoms with Gasteiger partial charge in [-0.25, -0.2) is 0 Å². The Morgan fingerprint density at radius 1 is 0.905 bits per heavy atom. The van der Waals surface area contributed by atoms with Gasteiger partial charge >= 0.3 is 0 Å². The summed E-state index contributed by atoms with van der Waals surface area (Å²) < 4.78 is 0. The van der Waals surface area contributed by atoms with Gasteiger partial charge in [0, 0.05) is 0 Å². The van der Waals surface area contributed by atoms with E-state index in [-0.39, 0.29) is 0 Å². The Bertz CT molecular complexity index is 676. The van der Waals surface area contributed by atoms with Crippen LogP contribution in [-0.2, 0) is 0 Å². The fourth-order valence-corrected chi connectivity index (χ4v) is 1.89. The lowest BCUT2D eigenvalue weighted by atomic mass is 9.96. The summed E-state index contributed by atoms with van der Waals surface area (Å²) in [5, 5.41) is 26.6. The molecule has 4 nitrogen and oxygen atoms in total. The third-order valence-corrected chi connectivity index (χ3v) is 3.07. The first kappa shape index (κ1) is 14.4. The molecule has 2 aromatic rings. The number of benzene rings is 2. The van der Waals surface area contributed by atoms with E-state index in [1.807, 2.05) is 73.7 Å². The molecule has 0 spiro atoms. The average Bonchev–Trinajstić information content (AvgIpc) is 2.54. The van der Waals surface area contributed by atoms with Crippen molar-refractivity contribution in [1.82, 2.24) is 0 Å². The van der Waals surface area contributed by atoms with Crippen molar-refractivity contribution in [2.45, 2.75) is 13.0 Å². The van der Waals surface area contributed by atoms with Gasteiger partial charge in [-0.1, -0.05) is 48.0 Å². The number of hydrogen-bond acceptors (Lipinski definition) is 4. The standard InChI is InChI=1S/C17H14N4/c1-13-7-9-16(10-8-13)20-21-17(15(11-18)12-19)14-5-3-2-4-6-14/h2-10,15,17H,1H3. The Morgan fingerprint density at radius 3 is 2.10 bits per heavy atom. The van der Waals surface area contributed by atoms with E-state index >= 15 is 0 Å². The zero-order valence-corrected chi connectivity index (χ0v) is 11.6. The molecule has 0 saturated carbocycles. The summed E-state index contributed by atoms with van der Waals surface area (Å²) in [6.45, 7) is 2.00. The van der Waals surface area contributed by atoms with E-state index in [0.717, 1.165) is 11.1 Å². The van der Waals surface area contributed by atoms with Crippen molar-refractivity contribution in [3.05, 3.63) is 65.7 Å². The molecule has 0 aliphatic heterocycles. The van der Waals surface area contributed by atoms with Crippen LogP contribution < -0.4 is 0 Å². The quantitative estimate of drug-likeness (QED) is 0.771. The van der Waals surface area contributed by atoms with Crippen molar-refractivity contribution in [2.24, 2.45) is 16.1 Å². The Kier molecular flexibility index (Phi) is 4.79. The predicted molar refractivity (Wildman–Crippen MR) is 79.6 cm³/mol. The molecule has 0 heterocycles. The molecule has 0 saturated heterocycles. The molecule has 21 heavy (non-hydrogen) atoms. The second-order valence-electron chi connectivity index (χ2n) is 4.64. The van der Waals surface area contributed by atoms with Crippen LogP contribution in [0.15, 0.2) is 64.8 Å². The molecule has 1 atom stereocenters. The van der Waals surface area contributed by atoms with E-state index in [1.54, 1.807) is 0 Å². The second kappa shape index (κ2) is 6.98. The van der Waals surface area contributed by atoms with E-state index in [1.165, 1.54) is 0 Å². The Labute approximate surface area is 124 Å². The molecule has 1 unspecified atom stereocenters. The van der Waals surface area contributed by atoms with E-state index in [0.29, 0.717) is 5.69 Å². The number of rotatable bonds is 4. The lowest BCUT2D eigenvalue weighted by molar-refractivity contribution is 0.612. The van der Waals surface area contributed by atoms with Gasteiger partial charge in [-0.2, -0.15) is 20.8 Å². The SMILES string of the molecule is Cc1ccc(N=NC(c2ccccc2)C(C#N)C#N)cc1. The van der Waals surface area contributed by atoms with Crippen molar-refractivity contribution in [1.29, 1.82) is 10.5 Å². The van der Waals surface area contributed by atoms with Crippen LogP contribution in [0.25, 0.3) is 0 Å². The average molecular weight is 274 g/mol. The van der Waals surface area contributed by atoms with Crippen molar-refractivity contribution in [2.75, 3.05) is 0 Å². The van der Waals surface area contributed by atoms with Gasteiger partial charge in [0.25, 0.3) is 0 Å². The van der Waals surface area contributed by atoms with Crippen molar-refractivity contribution >= 4 is 5.69 Å². The molecule has 0 bridgehead atoms. The first-order valence-corrected chi connectivity index (χ1v) is 6.56. The van der Waals surface area contributed by atoms with Crippen LogP contribution in [0.2, 0.25) is 0 Å². The maximum absolute atomic E-state index is 9.12. The molecule has 2 rings (SSSR count). The first-order chi connectivity index (χ1) is 10.2. The number of azo groups is 1. The molecule has 0 fully saturated rings. The summed E-state index contributed by atoms with van der Waals surface area (Å²) in [4.78, 5) is 0. The summed E-state index contributed by atoms with van der Waals surface area (Å²) in [5.74, 6) is -0.860. The van der Waals surface area contributed by atoms with Gasteiger partial charge in [-0.3, -0.25) is 0 Å². The molecule has 4 heteroatoms. The third kappa shape index (κ3) is 3.75. The van der Waals surface area contributed by atoms with Gasteiger partial charge in [0.15, 0.2) is 5.92 Å². The molecule has 102 valence electrons. The second-order valence-corrected chi connectivity index (χ2v) is 4.64. The summed E-state index contributed by atoms with van der Waals surface area (Å²) in [7, 11) is 0. The minimum atomic E-state index is -0.860. The van der Waals surface area contributed by atoms with E-state index < -0.39 is 12.0 Å². The maximum Gasteiger partial charge on any atom is 0.161 e. The Hall–Kier alpha value is -2.98. The van der Waals surface area contributed by atoms with E-state index in [9.17, 15) is 0 Å². The summed E-state index contributed by atoms with van der Waals surface area (Å²) in [6, 6.07) is 20.3. The smallest absolute Gasteiger partial charge is 0.161 e. The van der Waals surface area contributed by atoms with E-state index in [2.05, 4.69) is 10.2 Å². The summed E-state index contributed by atoms with van der Waals surface area (Å²) in [6.07, 6.45) is 0. The molecule has 0 aliphatic rings. The van der Waals surface area contributed by atoms with Crippen LogP contribution in [0.3, 0.4) is 0 Å². The normalized spacial score (nSPS) is 12.0. The summed E-state index contributed by atoms with van der Waals surface area (Å²) in [5.41, 5.74) is 2.65. The first-order valence-electron chi connectivity index (χ1n) is 6.56. The summed E-state index contributed by atoms with van der Waals surface area (Å²) >= 11 is 0. The molecular formula is C17H14N4. The molecule has 2 aromatic carbocycles. The lowest BCUT2D eigenvalue weighted by Crippen LogP contribution is -2.06. The van der Waals surface area contributed by atoms with Gasteiger partial charge in [-0.15, -0.1) is 0 Å². The molecule has 0 N–H and O–H groups in total. The van der Waals surface area contributed by atoms with Crippen molar-refractivity contribution in [3.8, 4) is 12.1 Å². The van der Waals surface area contributed by atoms with Crippen molar-refractivity contribution < 1.29 is 0 Å². The Morgan fingerprint density at radius 2 is 1.52 bits per heavy atom. The highest BCUT2D eigenvalue weighted by atomic mass is 15.1. The molecule has 0 aromatic heterocycles. The van der Waals surface area contributed by atoms with E-state index in [4.69, 9.17) is 10.5 Å². The van der Waals surface area contributed by atoms with Gasteiger partial charge < -0.3 is 0 Å². The topological polar surface area (TPSA) is 72.3 Å². The zero-order valence-electron chi connectivity index (χ0n) is 11.6. The largest absolute Gasteiger partial charge is 0.197 e. The minimum absolute atomic E-state index is 0.581. The third-order valence-electron chi connectivity index (χ3n) is 3.07. The molecule has 0 aliphatic carbocycles. The van der Waals surface area contributed by atoms with Crippen LogP contribution in [-0.4, -0.2) is 0 Å². The maximum atomic E-state index is 9.12. The minimum Gasteiger partial charge on any atom is -0.197 e. The number of nitrogens with zero attached hydrogens (tertiary/aromatic N) is 4. The van der Waals surface area contributed by atoms with Crippen molar-refractivity contribution in [3.63, 3.8) is 0 Å². The molecule has 0 radical (unpaired) electrons. The fourth-order valence-electron chi connectivity index (χ4n) is 1.89. The zero-order chi connectivity index (χ0) is 15.1. The molecular weight excluding hydrogens is 260 g/mol. The van der Waals surface area contributed by atoms with Gasteiger partial charge in [-0.05, 0) is 24.6 Å². The van der Waals surface area contributed by atoms with Gasteiger partial charge in [0.1, 0.15) is 6.04 Å². The van der Waals surface area contributed by atoms with Crippen LogP contribution in [0.1, 0.15) is 17.2 Å². The van der Waals surface area contributed by atoms with Crippen LogP contribution in [0, 0.1) is 35.5 Å². The van der Waals surface area contributed by atoms with Gasteiger partial charge in [0.2, 0.25) is 0 Å². The monoisotopic (exact) mass is 274 g/mol. The lowest BCUT2D eigenvalue weighted by Gasteiger charge is -2.11. The number of aryl methyl sites for hydroxylation is 1. The Balaban J connectivity index is 2.31. The van der Waals surface area contributed by atoms with Crippen LogP contribution >= 0.6 is 0 Å². The number of hydrogen-bond donors (Lipinski definition) is 0. The number of nitriles is 2. The van der Waals surface area contributed by atoms with Crippen LogP contribution in [0.5, 0.6) is 0 Å².